The van der Waals surface area contributed by atoms with E-state index in [0.717, 1.165) is 30.8 Å². The minimum absolute atomic E-state index is 0.361. The van der Waals surface area contributed by atoms with Crippen molar-refractivity contribution in [1.82, 2.24) is 5.32 Å². The molecule has 2 aromatic rings. The van der Waals surface area contributed by atoms with Gasteiger partial charge in [0.15, 0.2) is 0 Å². The molecule has 2 rings (SSSR count). The van der Waals surface area contributed by atoms with Crippen molar-refractivity contribution in [3.63, 3.8) is 0 Å². The molecule has 2 aromatic carbocycles. The fraction of sp³-hybridized carbons (Fsp3) is 0.400. The first kappa shape index (κ1) is 17.5. The van der Waals surface area contributed by atoms with E-state index in [4.69, 9.17) is 10.5 Å². The minimum atomic E-state index is 0.361. The SMILES string of the molecule is COc1ccccc1-c1ccc(C(C)NCCCCCN)cc1. The average Bonchev–Trinajstić information content (AvgIpc) is 2.61. The molecule has 0 saturated carbocycles. The van der Waals surface area contributed by atoms with Gasteiger partial charge in [-0.2, -0.15) is 0 Å². The molecule has 3 N–H and O–H groups in total. The molecule has 0 aromatic heterocycles. The Hall–Kier alpha value is -1.84. The molecule has 0 amide bonds. The Bertz CT molecular complexity index is 580. The van der Waals surface area contributed by atoms with Crippen molar-refractivity contribution in [1.29, 1.82) is 0 Å². The first-order chi connectivity index (χ1) is 11.3. The largest absolute Gasteiger partial charge is 0.496 e. The molecule has 124 valence electrons. The zero-order valence-corrected chi connectivity index (χ0v) is 14.2. The van der Waals surface area contributed by atoms with Crippen molar-refractivity contribution in [2.45, 2.75) is 32.2 Å². The van der Waals surface area contributed by atoms with Gasteiger partial charge in [0.2, 0.25) is 0 Å². The zero-order valence-electron chi connectivity index (χ0n) is 14.2. The number of nitrogens with two attached hydrogens (primary N) is 1. The molecule has 23 heavy (non-hydrogen) atoms. The summed E-state index contributed by atoms with van der Waals surface area (Å²) in [7, 11) is 1.71. The van der Waals surface area contributed by atoms with Gasteiger partial charge in [-0.25, -0.2) is 0 Å². The molecular formula is C20H28N2O. The van der Waals surface area contributed by atoms with Gasteiger partial charge in [-0.05, 0) is 50.0 Å². The van der Waals surface area contributed by atoms with E-state index >= 15 is 0 Å². The van der Waals surface area contributed by atoms with Gasteiger partial charge in [0.05, 0.1) is 7.11 Å². The summed E-state index contributed by atoms with van der Waals surface area (Å²) < 4.78 is 5.44. The Balaban J connectivity index is 1.96. The lowest BCUT2D eigenvalue weighted by molar-refractivity contribution is 0.416. The summed E-state index contributed by atoms with van der Waals surface area (Å²) >= 11 is 0. The molecule has 3 nitrogen and oxygen atoms in total. The highest BCUT2D eigenvalue weighted by Crippen LogP contribution is 2.30. The smallest absolute Gasteiger partial charge is 0.126 e. The maximum atomic E-state index is 5.52. The van der Waals surface area contributed by atoms with Crippen LogP contribution >= 0.6 is 0 Å². The molecule has 0 aliphatic carbocycles. The summed E-state index contributed by atoms with van der Waals surface area (Å²) in [5.41, 5.74) is 9.13. The van der Waals surface area contributed by atoms with Crippen LogP contribution in [0.5, 0.6) is 5.75 Å². The fourth-order valence-electron chi connectivity index (χ4n) is 2.72. The van der Waals surface area contributed by atoms with Crippen molar-refractivity contribution >= 4 is 0 Å². The number of unbranched alkanes of at least 4 members (excludes halogenated alkanes) is 2. The lowest BCUT2D eigenvalue weighted by atomic mass is 10.0. The monoisotopic (exact) mass is 312 g/mol. The number of hydrogen-bond donors (Lipinski definition) is 2. The van der Waals surface area contributed by atoms with Crippen LogP contribution in [0.3, 0.4) is 0 Å². The van der Waals surface area contributed by atoms with Crippen molar-refractivity contribution in [3.8, 4) is 16.9 Å². The van der Waals surface area contributed by atoms with Gasteiger partial charge < -0.3 is 15.8 Å². The zero-order chi connectivity index (χ0) is 16.5. The molecule has 1 unspecified atom stereocenters. The van der Waals surface area contributed by atoms with Crippen LogP contribution in [-0.2, 0) is 0 Å². The van der Waals surface area contributed by atoms with E-state index in [1.807, 2.05) is 18.2 Å². The normalized spacial score (nSPS) is 12.1. The van der Waals surface area contributed by atoms with Gasteiger partial charge in [0.25, 0.3) is 0 Å². The van der Waals surface area contributed by atoms with Crippen molar-refractivity contribution in [3.05, 3.63) is 54.1 Å². The molecule has 1 atom stereocenters. The Morgan fingerprint density at radius 3 is 2.43 bits per heavy atom. The molecule has 0 saturated heterocycles. The van der Waals surface area contributed by atoms with Gasteiger partial charge >= 0.3 is 0 Å². The second-order valence-corrected chi connectivity index (χ2v) is 5.85. The molecule has 0 heterocycles. The van der Waals surface area contributed by atoms with E-state index in [1.165, 1.54) is 24.0 Å². The fourth-order valence-corrected chi connectivity index (χ4v) is 2.72. The van der Waals surface area contributed by atoms with Crippen LogP contribution < -0.4 is 15.8 Å². The van der Waals surface area contributed by atoms with E-state index in [0.29, 0.717) is 6.04 Å². The van der Waals surface area contributed by atoms with E-state index in [-0.39, 0.29) is 0 Å². The second-order valence-electron chi connectivity index (χ2n) is 5.85. The van der Waals surface area contributed by atoms with Crippen LogP contribution in [0.25, 0.3) is 11.1 Å². The molecule has 0 aliphatic heterocycles. The number of methoxy groups -OCH3 is 1. The van der Waals surface area contributed by atoms with E-state index in [2.05, 4.69) is 42.6 Å². The summed E-state index contributed by atoms with van der Waals surface area (Å²) in [4.78, 5) is 0. The number of hydrogen-bond acceptors (Lipinski definition) is 3. The number of rotatable bonds is 9. The first-order valence-corrected chi connectivity index (χ1v) is 8.43. The Morgan fingerprint density at radius 1 is 1.00 bits per heavy atom. The summed E-state index contributed by atoms with van der Waals surface area (Å²) in [5, 5.41) is 3.57. The predicted octanol–water partition coefficient (Wildman–Crippen LogP) is 4.14. The maximum absolute atomic E-state index is 5.52. The molecule has 0 spiro atoms. The maximum Gasteiger partial charge on any atom is 0.126 e. The van der Waals surface area contributed by atoms with Crippen LogP contribution in [0.4, 0.5) is 0 Å². The third-order valence-electron chi connectivity index (χ3n) is 4.16. The predicted molar refractivity (Wildman–Crippen MR) is 97.8 cm³/mol. The van der Waals surface area contributed by atoms with Gasteiger partial charge in [0.1, 0.15) is 5.75 Å². The molecule has 0 aliphatic rings. The molecule has 3 heteroatoms. The lowest BCUT2D eigenvalue weighted by Crippen LogP contribution is -2.19. The highest BCUT2D eigenvalue weighted by Gasteiger charge is 2.07. The molecule has 0 radical (unpaired) electrons. The van der Waals surface area contributed by atoms with Crippen LogP contribution in [0.15, 0.2) is 48.5 Å². The summed E-state index contributed by atoms with van der Waals surface area (Å²) in [6.07, 6.45) is 3.49. The third-order valence-corrected chi connectivity index (χ3v) is 4.16. The van der Waals surface area contributed by atoms with Crippen LogP contribution in [-0.4, -0.2) is 20.2 Å². The molecule has 0 fully saturated rings. The van der Waals surface area contributed by atoms with Crippen LogP contribution in [0, 0.1) is 0 Å². The average molecular weight is 312 g/mol. The van der Waals surface area contributed by atoms with Gasteiger partial charge in [-0.1, -0.05) is 48.9 Å². The first-order valence-electron chi connectivity index (χ1n) is 8.43. The molecular weight excluding hydrogens is 284 g/mol. The Kier molecular flexibility index (Phi) is 7.11. The molecule has 0 bridgehead atoms. The summed E-state index contributed by atoms with van der Waals surface area (Å²) in [6.45, 7) is 4.04. The van der Waals surface area contributed by atoms with Crippen molar-refractivity contribution < 1.29 is 4.74 Å². The quantitative estimate of drug-likeness (QED) is 0.684. The Labute approximate surface area is 139 Å². The van der Waals surface area contributed by atoms with Crippen LogP contribution in [0.1, 0.15) is 37.8 Å². The summed E-state index contributed by atoms with van der Waals surface area (Å²) in [5.74, 6) is 0.909. The van der Waals surface area contributed by atoms with Crippen LogP contribution in [0.2, 0.25) is 0 Å². The number of nitrogens with one attached hydrogen (secondary N) is 1. The minimum Gasteiger partial charge on any atom is -0.496 e. The van der Waals surface area contributed by atoms with Crippen molar-refractivity contribution in [2.24, 2.45) is 5.73 Å². The van der Waals surface area contributed by atoms with E-state index in [9.17, 15) is 0 Å². The highest BCUT2D eigenvalue weighted by atomic mass is 16.5. The van der Waals surface area contributed by atoms with E-state index < -0.39 is 0 Å². The van der Waals surface area contributed by atoms with Gasteiger partial charge in [0, 0.05) is 11.6 Å². The Morgan fingerprint density at radius 2 is 1.74 bits per heavy atom. The number of para-hydroxylation sites is 1. The highest BCUT2D eigenvalue weighted by molar-refractivity contribution is 5.70. The van der Waals surface area contributed by atoms with Gasteiger partial charge in [-0.15, -0.1) is 0 Å². The number of benzene rings is 2. The van der Waals surface area contributed by atoms with E-state index in [1.54, 1.807) is 7.11 Å². The topological polar surface area (TPSA) is 47.3 Å². The summed E-state index contributed by atoms with van der Waals surface area (Å²) in [6, 6.07) is 17.2. The van der Waals surface area contributed by atoms with Gasteiger partial charge in [-0.3, -0.25) is 0 Å². The third kappa shape index (κ3) is 5.08. The second kappa shape index (κ2) is 9.33. The number of ether oxygens (including phenoxy) is 1. The standard InChI is InChI=1S/C20H28N2O/c1-16(22-15-7-3-6-14-21)17-10-12-18(13-11-17)19-8-4-5-9-20(19)23-2/h4-5,8-13,16,22H,3,6-7,14-15,21H2,1-2H3. The van der Waals surface area contributed by atoms with Crippen molar-refractivity contribution in [2.75, 3.05) is 20.2 Å². The lowest BCUT2D eigenvalue weighted by Gasteiger charge is -2.15.